The molecule has 6 heteroatoms. The summed E-state index contributed by atoms with van der Waals surface area (Å²) in [7, 11) is 0. The van der Waals surface area contributed by atoms with Gasteiger partial charge in [0.1, 0.15) is 5.69 Å². The number of nitro groups is 1. The molecule has 0 saturated carbocycles. The Labute approximate surface area is 132 Å². The molecule has 0 atom stereocenters. The Morgan fingerprint density at radius 1 is 1.29 bits per heavy atom. The van der Waals surface area contributed by atoms with Gasteiger partial charge in [-0.25, -0.2) is 0 Å². The van der Waals surface area contributed by atoms with Crippen LogP contribution < -0.4 is 5.32 Å². The molecule has 0 unspecified atom stereocenters. The Hall–Kier alpha value is -1.72. The second-order valence-corrected chi connectivity index (χ2v) is 5.95. The molecular formula is C15H15ClN2O2S. The van der Waals surface area contributed by atoms with Crippen molar-refractivity contribution in [2.75, 3.05) is 11.9 Å². The van der Waals surface area contributed by atoms with Gasteiger partial charge in [0, 0.05) is 16.5 Å². The number of nitrogens with one attached hydrogen (secondary N) is 1. The lowest BCUT2D eigenvalue weighted by Gasteiger charge is -2.09. The maximum Gasteiger partial charge on any atom is 0.306 e. The number of halogens is 1. The summed E-state index contributed by atoms with van der Waals surface area (Å²) in [4.78, 5) is 12.5. The topological polar surface area (TPSA) is 55.2 Å². The molecule has 0 aliphatic rings. The van der Waals surface area contributed by atoms with Crippen LogP contribution in [0.15, 0.2) is 52.3 Å². The van der Waals surface area contributed by atoms with Gasteiger partial charge in [-0.05, 0) is 36.8 Å². The molecule has 0 aromatic heterocycles. The van der Waals surface area contributed by atoms with E-state index in [-0.39, 0.29) is 10.6 Å². The number of hydrogen-bond donors (Lipinski definition) is 1. The van der Waals surface area contributed by atoms with Gasteiger partial charge < -0.3 is 5.32 Å². The Morgan fingerprint density at radius 2 is 2.05 bits per heavy atom. The molecule has 0 radical (unpaired) electrons. The second-order valence-electron chi connectivity index (χ2n) is 4.40. The van der Waals surface area contributed by atoms with E-state index >= 15 is 0 Å². The Morgan fingerprint density at radius 3 is 2.71 bits per heavy atom. The fraction of sp³-hybridized carbons (Fsp3) is 0.200. The van der Waals surface area contributed by atoms with Crippen LogP contribution in [0.1, 0.15) is 13.3 Å². The van der Waals surface area contributed by atoms with Crippen molar-refractivity contribution < 1.29 is 4.92 Å². The van der Waals surface area contributed by atoms with Crippen molar-refractivity contribution in [1.82, 2.24) is 0 Å². The van der Waals surface area contributed by atoms with Gasteiger partial charge >= 0.3 is 5.69 Å². The summed E-state index contributed by atoms with van der Waals surface area (Å²) in [5.74, 6) is 0. The number of benzene rings is 2. The highest BCUT2D eigenvalue weighted by molar-refractivity contribution is 7.99. The first-order valence-corrected chi connectivity index (χ1v) is 7.76. The van der Waals surface area contributed by atoms with Gasteiger partial charge in [0.25, 0.3) is 0 Å². The predicted molar refractivity (Wildman–Crippen MR) is 87.5 cm³/mol. The third kappa shape index (κ3) is 4.12. The monoisotopic (exact) mass is 322 g/mol. The van der Waals surface area contributed by atoms with Crippen LogP contribution in [0.25, 0.3) is 0 Å². The smallest absolute Gasteiger partial charge is 0.306 e. The minimum Gasteiger partial charge on any atom is -0.379 e. The lowest BCUT2D eigenvalue weighted by atomic mass is 10.2. The number of nitro benzene ring substituents is 1. The number of para-hydroxylation sites is 1. The second kappa shape index (κ2) is 7.33. The molecule has 0 fully saturated rings. The van der Waals surface area contributed by atoms with Crippen molar-refractivity contribution in [3.63, 3.8) is 0 Å². The molecule has 110 valence electrons. The Kier molecular flexibility index (Phi) is 5.47. The van der Waals surface area contributed by atoms with Gasteiger partial charge in [-0.1, -0.05) is 42.4 Å². The SMILES string of the molecule is CCCNc1cccc(Sc2cccc(Cl)c2)c1[N+](=O)[O-]. The van der Waals surface area contributed by atoms with Crippen molar-refractivity contribution in [3.05, 3.63) is 57.6 Å². The van der Waals surface area contributed by atoms with Crippen LogP contribution in [0.2, 0.25) is 5.02 Å². The van der Waals surface area contributed by atoms with Crippen molar-refractivity contribution in [2.45, 2.75) is 23.1 Å². The predicted octanol–water partition coefficient (Wildman–Crippen LogP) is 5.22. The summed E-state index contributed by atoms with van der Waals surface area (Å²) in [6.07, 6.45) is 0.906. The quantitative estimate of drug-likeness (QED) is 0.585. The molecule has 0 aliphatic heterocycles. The lowest BCUT2D eigenvalue weighted by Crippen LogP contribution is -2.03. The molecule has 2 aromatic carbocycles. The fourth-order valence-electron chi connectivity index (χ4n) is 1.85. The highest BCUT2D eigenvalue weighted by Crippen LogP contribution is 2.39. The summed E-state index contributed by atoms with van der Waals surface area (Å²) in [6.45, 7) is 2.72. The zero-order valence-corrected chi connectivity index (χ0v) is 13.1. The van der Waals surface area contributed by atoms with E-state index in [4.69, 9.17) is 11.6 Å². The van der Waals surface area contributed by atoms with Crippen molar-refractivity contribution in [1.29, 1.82) is 0 Å². The van der Waals surface area contributed by atoms with E-state index in [9.17, 15) is 10.1 Å². The first kappa shape index (κ1) is 15.7. The number of hydrogen-bond acceptors (Lipinski definition) is 4. The zero-order chi connectivity index (χ0) is 15.2. The maximum absolute atomic E-state index is 11.4. The highest BCUT2D eigenvalue weighted by Gasteiger charge is 2.20. The highest BCUT2D eigenvalue weighted by atomic mass is 35.5. The summed E-state index contributed by atoms with van der Waals surface area (Å²) < 4.78 is 0. The molecule has 4 nitrogen and oxygen atoms in total. The zero-order valence-electron chi connectivity index (χ0n) is 11.5. The average molecular weight is 323 g/mol. The van der Waals surface area contributed by atoms with Crippen molar-refractivity contribution in [2.24, 2.45) is 0 Å². The van der Waals surface area contributed by atoms with E-state index in [0.29, 0.717) is 22.2 Å². The van der Waals surface area contributed by atoms with Crippen molar-refractivity contribution >= 4 is 34.7 Å². The van der Waals surface area contributed by atoms with E-state index in [1.165, 1.54) is 11.8 Å². The molecule has 0 bridgehead atoms. The van der Waals surface area contributed by atoms with Gasteiger partial charge in [-0.15, -0.1) is 0 Å². The largest absolute Gasteiger partial charge is 0.379 e. The molecule has 0 aliphatic carbocycles. The molecule has 2 rings (SSSR count). The molecular weight excluding hydrogens is 308 g/mol. The van der Waals surface area contributed by atoms with Crippen LogP contribution in [0.4, 0.5) is 11.4 Å². The van der Waals surface area contributed by atoms with Gasteiger partial charge in [0.15, 0.2) is 0 Å². The molecule has 0 amide bonds. The van der Waals surface area contributed by atoms with Crippen molar-refractivity contribution in [3.8, 4) is 0 Å². The van der Waals surface area contributed by atoms with Crippen LogP contribution >= 0.6 is 23.4 Å². The summed E-state index contributed by atoms with van der Waals surface area (Å²) in [5, 5.41) is 15.1. The number of rotatable bonds is 6. The normalized spacial score (nSPS) is 10.4. The average Bonchev–Trinajstić information content (AvgIpc) is 2.45. The van der Waals surface area contributed by atoms with E-state index in [1.807, 2.05) is 25.1 Å². The molecule has 21 heavy (non-hydrogen) atoms. The van der Waals surface area contributed by atoms with Gasteiger partial charge in [0.2, 0.25) is 0 Å². The van der Waals surface area contributed by atoms with Gasteiger partial charge in [0.05, 0.1) is 9.82 Å². The third-order valence-electron chi connectivity index (χ3n) is 2.77. The van der Waals surface area contributed by atoms with Crippen LogP contribution in [-0.2, 0) is 0 Å². The van der Waals surface area contributed by atoms with Crippen LogP contribution in [0.5, 0.6) is 0 Å². The van der Waals surface area contributed by atoms with Crippen LogP contribution in [-0.4, -0.2) is 11.5 Å². The molecule has 1 N–H and O–H groups in total. The minimum absolute atomic E-state index is 0.107. The minimum atomic E-state index is -0.342. The molecule has 0 spiro atoms. The number of anilines is 1. The standard InChI is InChI=1S/C15H15ClN2O2S/c1-2-9-17-13-7-4-8-14(15(13)18(19)20)21-12-6-3-5-11(16)10-12/h3-8,10,17H,2,9H2,1H3. The maximum atomic E-state index is 11.4. The van der Waals surface area contributed by atoms with E-state index < -0.39 is 0 Å². The molecule has 0 saturated heterocycles. The molecule has 2 aromatic rings. The first-order chi connectivity index (χ1) is 10.1. The number of nitrogens with zero attached hydrogens (tertiary/aromatic N) is 1. The van der Waals surface area contributed by atoms with E-state index in [2.05, 4.69) is 5.32 Å². The summed E-state index contributed by atoms with van der Waals surface area (Å²) in [6, 6.07) is 12.6. The first-order valence-electron chi connectivity index (χ1n) is 6.56. The van der Waals surface area contributed by atoms with Gasteiger partial charge in [-0.2, -0.15) is 0 Å². The van der Waals surface area contributed by atoms with E-state index in [1.54, 1.807) is 24.3 Å². The third-order valence-corrected chi connectivity index (χ3v) is 4.04. The Bertz CT molecular complexity index is 649. The Balaban J connectivity index is 2.36. The summed E-state index contributed by atoms with van der Waals surface area (Å²) in [5.41, 5.74) is 0.657. The van der Waals surface area contributed by atoms with Crippen LogP contribution in [0, 0.1) is 10.1 Å². The van der Waals surface area contributed by atoms with Crippen LogP contribution in [0.3, 0.4) is 0 Å². The van der Waals surface area contributed by atoms with Gasteiger partial charge in [-0.3, -0.25) is 10.1 Å². The molecule has 0 heterocycles. The fourth-order valence-corrected chi connectivity index (χ4v) is 3.12. The van der Waals surface area contributed by atoms with E-state index in [0.717, 1.165) is 11.3 Å². The lowest BCUT2D eigenvalue weighted by molar-refractivity contribution is -0.386. The summed E-state index contributed by atoms with van der Waals surface area (Å²) >= 11 is 7.29.